The SMILES string of the molecule is CCN(C)CCNc1ccc(C(=O)O)cc1C. The van der Waals surface area contributed by atoms with E-state index in [-0.39, 0.29) is 0 Å². The summed E-state index contributed by atoms with van der Waals surface area (Å²) in [5.41, 5.74) is 2.29. The molecule has 0 radical (unpaired) electrons. The number of carbonyl (C=O) groups is 1. The Morgan fingerprint density at radius 1 is 1.47 bits per heavy atom. The van der Waals surface area contributed by atoms with Crippen molar-refractivity contribution in [3.05, 3.63) is 29.3 Å². The first-order valence-corrected chi connectivity index (χ1v) is 5.81. The van der Waals surface area contributed by atoms with Gasteiger partial charge in [0.25, 0.3) is 0 Å². The lowest BCUT2D eigenvalue weighted by atomic mass is 10.1. The fourth-order valence-electron chi connectivity index (χ4n) is 1.53. The van der Waals surface area contributed by atoms with Gasteiger partial charge in [0.15, 0.2) is 0 Å². The summed E-state index contributed by atoms with van der Waals surface area (Å²) in [4.78, 5) is 13.0. The molecule has 0 spiro atoms. The van der Waals surface area contributed by atoms with Gasteiger partial charge in [0.2, 0.25) is 0 Å². The molecule has 4 nitrogen and oxygen atoms in total. The Balaban J connectivity index is 2.57. The molecule has 0 fully saturated rings. The van der Waals surface area contributed by atoms with Gasteiger partial charge in [-0.2, -0.15) is 0 Å². The lowest BCUT2D eigenvalue weighted by Crippen LogP contribution is -2.24. The van der Waals surface area contributed by atoms with Gasteiger partial charge >= 0.3 is 5.97 Å². The number of nitrogens with zero attached hydrogens (tertiary/aromatic N) is 1. The summed E-state index contributed by atoms with van der Waals surface area (Å²) in [7, 11) is 2.07. The van der Waals surface area contributed by atoms with Crippen LogP contribution in [0.5, 0.6) is 0 Å². The molecule has 0 bridgehead atoms. The van der Waals surface area contributed by atoms with Crippen LogP contribution in [0.15, 0.2) is 18.2 Å². The second-order valence-corrected chi connectivity index (χ2v) is 4.16. The molecule has 0 aliphatic rings. The van der Waals surface area contributed by atoms with Gasteiger partial charge in [-0.25, -0.2) is 4.79 Å². The maximum Gasteiger partial charge on any atom is 0.335 e. The molecule has 1 aromatic rings. The highest BCUT2D eigenvalue weighted by Gasteiger charge is 2.05. The first-order valence-electron chi connectivity index (χ1n) is 5.81. The van der Waals surface area contributed by atoms with Gasteiger partial charge in [0.1, 0.15) is 0 Å². The van der Waals surface area contributed by atoms with Crippen LogP contribution in [-0.2, 0) is 0 Å². The zero-order valence-corrected chi connectivity index (χ0v) is 10.7. The van der Waals surface area contributed by atoms with Gasteiger partial charge < -0.3 is 15.3 Å². The normalized spacial score (nSPS) is 10.6. The van der Waals surface area contributed by atoms with Crippen molar-refractivity contribution in [3.63, 3.8) is 0 Å². The van der Waals surface area contributed by atoms with Crippen LogP contribution in [0.4, 0.5) is 5.69 Å². The number of aryl methyl sites for hydroxylation is 1. The predicted octanol–water partition coefficient (Wildman–Crippen LogP) is 2.06. The van der Waals surface area contributed by atoms with Crippen molar-refractivity contribution < 1.29 is 9.90 Å². The number of nitrogens with one attached hydrogen (secondary N) is 1. The van der Waals surface area contributed by atoms with Crippen LogP contribution in [0.3, 0.4) is 0 Å². The molecular formula is C13H20N2O2. The van der Waals surface area contributed by atoms with Gasteiger partial charge in [-0.15, -0.1) is 0 Å². The van der Waals surface area contributed by atoms with Gasteiger partial charge in [0.05, 0.1) is 5.56 Å². The molecule has 0 saturated carbocycles. The van der Waals surface area contributed by atoms with Crippen molar-refractivity contribution in [2.24, 2.45) is 0 Å². The fourth-order valence-corrected chi connectivity index (χ4v) is 1.53. The summed E-state index contributed by atoms with van der Waals surface area (Å²) in [6.45, 7) is 6.89. The Hall–Kier alpha value is -1.55. The Morgan fingerprint density at radius 3 is 2.71 bits per heavy atom. The lowest BCUT2D eigenvalue weighted by Gasteiger charge is -2.15. The molecule has 1 aromatic carbocycles. The fraction of sp³-hybridized carbons (Fsp3) is 0.462. The molecule has 4 heteroatoms. The second kappa shape index (κ2) is 6.25. The van der Waals surface area contributed by atoms with Crippen LogP contribution < -0.4 is 5.32 Å². The van der Waals surface area contributed by atoms with Gasteiger partial charge in [-0.3, -0.25) is 0 Å². The average molecular weight is 236 g/mol. The molecule has 0 aromatic heterocycles. The van der Waals surface area contributed by atoms with Crippen LogP contribution in [0.1, 0.15) is 22.8 Å². The van der Waals surface area contributed by atoms with Crippen molar-refractivity contribution in [2.75, 3.05) is 32.0 Å². The number of benzene rings is 1. The number of aromatic carboxylic acids is 1. The molecular weight excluding hydrogens is 216 g/mol. The maximum atomic E-state index is 10.8. The highest BCUT2D eigenvalue weighted by atomic mass is 16.4. The minimum absolute atomic E-state index is 0.332. The summed E-state index contributed by atoms with van der Waals surface area (Å²) in [5.74, 6) is -0.884. The van der Waals surface area contributed by atoms with Crippen molar-refractivity contribution >= 4 is 11.7 Å². The van der Waals surface area contributed by atoms with Gasteiger partial charge in [-0.05, 0) is 44.3 Å². The number of anilines is 1. The minimum atomic E-state index is -0.884. The summed E-state index contributed by atoms with van der Waals surface area (Å²) in [6, 6.07) is 5.14. The van der Waals surface area contributed by atoms with E-state index in [9.17, 15) is 4.79 Å². The molecule has 0 aliphatic heterocycles. The van der Waals surface area contributed by atoms with E-state index in [0.717, 1.165) is 30.9 Å². The summed E-state index contributed by atoms with van der Waals surface area (Å²) in [5, 5.41) is 12.2. The van der Waals surface area contributed by atoms with Crippen molar-refractivity contribution in [1.29, 1.82) is 0 Å². The van der Waals surface area contributed by atoms with E-state index >= 15 is 0 Å². The van der Waals surface area contributed by atoms with E-state index in [4.69, 9.17) is 5.11 Å². The summed E-state index contributed by atoms with van der Waals surface area (Å²) >= 11 is 0. The molecule has 0 atom stereocenters. The Morgan fingerprint density at radius 2 is 2.18 bits per heavy atom. The number of hydrogen-bond acceptors (Lipinski definition) is 3. The first kappa shape index (κ1) is 13.5. The van der Waals surface area contributed by atoms with E-state index in [1.807, 2.05) is 13.0 Å². The summed E-state index contributed by atoms with van der Waals surface area (Å²) < 4.78 is 0. The number of hydrogen-bond donors (Lipinski definition) is 2. The molecule has 2 N–H and O–H groups in total. The summed E-state index contributed by atoms with van der Waals surface area (Å²) in [6.07, 6.45) is 0. The van der Waals surface area contributed by atoms with Crippen molar-refractivity contribution in [1.82, 2.24) is 4.90 Å². The van der Waals surface area contributed by atoms with E-state index < -0.39 is 5.97 Å². The first-order chi connectivity index (χ1) is 8.04. The lowest BCUT2D eigenvalue weighted by molar-refractivity contribution is 0.0697. The molecule has 1 rings (SSSR count). The molecule has 0 unspecified atom stereocenters. The monoisotopic (exact) mass is 236 g/mol. The third-order valence-electron chi connectivity index (χ3n) is 2.82. The Kier molecular flexibility index (Phi) is 4.97. The number of carboxylic acids is 1. The third kappa shape index (κ3) is 4.07. The van der Waals surface area contributed by atoms with Gasteiger partial charge in [-0.1, -0.05) is 6.92 Å². The highest BCUT2D eigenvalue weighted by molar-refractivity contribution is 5.88. The molecule has 0 heterocycles. The van der Waals surface area contributed by atoms with Crippen LogP contribution in [-0.4, -0.2) is 42.7 Å². The van der Waals surface area contributed by atoms with E-state index in [0.29, 0.717) is 5.56 Å². The molecule has 94 valence electrons. The third-order valence-corrected chi connectivity index (χ3v) is 2.82. The van der Waals surface area contributed by atoms with Crippen molar-refractivity contribution in [2.45, 2.75) is 13.8 Å². The maximum absolute atomic E-state index is 10.8. The number of rotatable bonds is 6. The standard InChI is InChI=1S/C13H20N2O2/c1-4-15(3)8-7-14-12-6-5-11(13(16)17)9-10(12)2/h5-6,9,14H,4,7-8H2,1-3H3,(H,16,17). The smallest absolute Gasteiger partial charge is 0.335 e. The highest BCUT2D eigenvalue weighted by Crippen LogP contribution is 2.16. The number of carboxylic acid groups (broad SMARTS) is 1. The quantitative estimate of drug-likeness (QED) is 0.793. The average Bonchev–Trinajstić information content (AvgIpc) is 2.30. The molecule has 17 heavy (non-hydrogen) atoms. The largest absolute Gasteiger partial charge is 0.478 e. The Labute approximate surface area is 102 Å². The van der Waals surface area contributed by atoms with E-state index in [2.05, 4.69) is 24.2 Å². The predicted molar refractivity (Wildman–Crippen MR) is 69.8 cm³/mol. The van der Waals surface area contributed by atoms with E-state index in [1.165, 1.54) is 0 Å². The molecule has 0 aliphatic carbocycles. The van der Waals surface area contributed by atoms with E-state index in [1.54, 1.807) is 12.1 Å². The topological polar surface area (TPSA) is 52.6 Å². The van der Waals surface area contributed by atoms with Crippen molar-refractivity contribution in [3.8, 4) is 0 Å². The molecule has 0 saturated heterocycles. The van der Waals surface area contributed by atoms with Gasteiger partial charge in [0, 0.05) is 18.8 Å². The minimum Gasteiger partial charge on any atom is -0.478 e. The van der Waals surface area contributed by atoms with Crippen LogP contribution in [0.25, 0.3) is 0 Å². The van der Waals surface area contributed by atoms with Crippen LogP contribution in [0, 0.1) is 6.92 Å². The second-order valence-electron chi connectivity index (χ2n) is 4.16. The molecule has 0 amide bonds. The van der Waals surface area contributed by atoms with Crippen LogP contribution in [0.2, 0.25) is 0 Å². The zero-order valence-electron chi connectivity index (χ0n) is 10.7. The Bertz CT molecular complexity index is 391. The van der Waals surface area contributed by atoms with Crippen LogP contribution >= 0.6 is 0 Å². The number of likely N-dealkylation sites (N-methyl/N-ethyl adjacent to an activating group) is 1. The zero-order chi connectivity index (χ0) is 12.8.